The number of methoxy groups -OCH3 is 1. The Morgan fingerprint density at radius 1 is 1.60 bits per heavy atom. The van der Waals surface area contributed by atoms with Gasteiger partial charge in [0.05, 0.1) is 7.11 Å². The molecular formula is C6H10NO3. The van der Waals surface area contributed by atoms with Crippen molar-refractivity contribution in [3.63, 3.8) is 0 Å². The van der Waals surface area contributed by atoms with Gasteiger partial charge in [-0.3, -0.25) is 4.79 Å². The Hall–Kier alpha value is -1.06. The van der Waals surface area contributed by atoms with Crippen LogP contribution in [0.3, 0.4) is 0 Å². The van der Waals surface area contributed by atoms with E-state index in [9.17, 15) is 9.59 Å². The van der Waals surface area contributed by atoms with Crippen LogP contribution in [0, 0.1) is 6.92 Å². The highest BCUT2D eigenvalue weighted by Gasteiger charge is 2.12. The summed E-state index contributed by atoms with van der Waals surface area (Å²) in [6, 6.07) is -0.803. The Balaban J connectivity index is 3.72. The van der Waals surface area contributed by atoms with E-state index < -0.39 is 12.0 Å². The molecule has 0 fully saturated rings. The molecule has 0 spiro atoms. The Morgan fingerprint density at radius 2 is 2.10 bits per heavy atom. The number of carbonyl (C=O) groups is 2. The molecule has 0 aromatic rings. The minimum atomic E-state index is -0.803. The molecule has 0 aliphatic heterocycles. The molecule has 4 nitrogen and oxygen atoms in total. The molecule has 0 bridgehead atoms. The topological polar surface area (TPSA) is 55.4 Å². The van der Waals surface area contributed by atoms with Crippen molar-refractivity contribution < 1.29 is 14.3 Å². The maximum atomic E-state index is 10.5. The lowest BCUT2D eigenvalue weighted by Gasteiger charge is -2.08. The fourth-order valence-corrected chi connectivity index (χ4v) is 0.447. The van der Waals surface area contributed by atoms with Crippen molar-refractivity contribution in [3.8, 4) is 0 Å². The summed E-state index contributed by atoms with van der Waals surface area (Å²) in [6.07, 6.45) is 0. The molecule has 0 aromatic heterocycles. The van der Waals surface area contributed by atoms with Crippen LogP contribution >= 0.6 is 0 Å². The SMILES string of the molecule is [CH2][C@H](NC(C)=O)C(=O)OC. The first-order valence-electron chi connectivity index (χ1n) is 2.76. The average Bonchev–Trinajstić information content (AvgIpc) is 1.85. The molecule has 10 heavy (non-hydrogen) atoms. The molecule has 0 saturated heterocycles. The number of esters is 1. The molecule has 57 valence electrons. The molecule has 0 saturated carbocycles. The van der Waals surface area contributed by atoms with Crippen LogP contribution in [-0.2, 0) is 14.3 Å². The van der Waals surface area contributed by atoms with Crippen molar-refractivity contribution in [2.75, 3.05) is 7.11 Å². The van der Waals surface area contributed by atoms with Gasteiger partial charge in [0.15, 0.2) is 0 Å². The fourth-order valence-electron chi connectivity index (χ4n) is 0.447. The molecule has 0 heterocycles. The standard InChI is InChI=1S/C6H10NO3/c1-4(6(9)10-3)7-5(2)8/h4H,1H2,2-3H3,(H,7,8)/t4-/m0/s1. The summed E-state index contributed by atoms with van der Waals surface area (Å²) < 4.78 is 4.30. The largest absolute Gasteiger partial charge is 0.467 e. The first-order valence-corrected chi connectivity index (χ1v) is 2.76. The molecule has 0 rings (SSSR count). The summed E-state index contributed by atoms with van der Waals surface area (Å²) in [5, 5.41) is 2.27. The minimum absolute atomic E-state index is 0.301. The van der Waals surface area contributed by atoms with Gasteiger partial charge < -0.3 is 10.1 Å². The zero-order valence-corrected chi connectivity index (χ0v) is 6.01. The molecule has 1 radical (unpaired) electrons. The maximum absolute atomic E-state index is 10.5. The lowest BCUT2D eigenvalue weighted by atomic mass is 10.3. The van der Waals surface area contributed by atoms with Crippen LogP contribution in [0.15, 0.2) is 0 Å². The van der Waals surface area contributed by atoms with Gasteiger partial charge in [0, 0.05) is 6.92 Å². The first kappa shape index (κ1) is 8.94. The van der Waals surface area contributed by atoms with Crippen LogP contribution in [0.4, 0.5) is 0 Å². The number of nitrogens with one attached hydrogen (secondary N) is 1. The zero-order chi connectivity index (χ0) is 8.15. The van der Waals surface area contributed by atoms with Gasteiger partial charge in [-0.15, -0.1) is 0 Å². The summed E-state index contributed by atoms with van der Waals surface area (Å²) in [4.78, 5) is 20.9. The average molecular weight is 144 g/mol. The van der Waals surface area contributed by atoms with Gasteiger partial charge in [-0.05, 0) is 6.92 Å². The lowest BCUT2D eigenvalue weighted by Crippen LogP contribution is -2.37. The second-order valence-corrected chi connectivity index (χ2v) is 1.78. The molecule has 1 N–H and O–H groups in total. The van der Waals surface area contributed by atoms with Gasteiger partial charge in [-0.2, -0.15) is 0 Å². The number of amides is 1. The predicted octanol–water partition coefficient (Wildman–Crippen LogP) is -0.502. The van der Waals surface area contributed by atoms with Crippen LogP contribution in [0.25, 0.3) is 0 Å². The van der Waals surface area contributed by atoms with Gasteiger partial charge >= 0.3 is 5.97 Å². The monoisotopic (exact) mass is 144 g/mol. The van der Waals surface area contributed by atoms with Crippen LogP contribution in [0.2, 0.25) is 0 Å². The van der Waals surface area contributed by atoms with E-state index in [2.05, 4.69) is 17.0 Å². The fraction of sp³-hybridized carbons (Fsp3) is 0.500. The molecule has 0 aromatic carbocycles. The van der Waals surface area contributed by atoms with E-state index in [1.807, 2.05) is 0 Å². The molecule has 0 unspecified atom stereocenters. The molecule has 4 heteroatoms. The van der Waals surface area contributed by atoms with Crippen LogP contribution < -0.4 is 5.32 Å². The Morgan fingerprint density at radius 3 is 2.40 bits per heavy atom. The van der Waals surface area contributed by atoms with Crippen molar-refractivity contribution in [2.45, 2.75) is 13.0 Å². The number of hydrogen-bond acceptors (Lipinski definition) is 3. The van der Waals surface area contributed by atoms with E-state index in [0.29, 0.717) is 0 Å². The van der Waals surface area contributed by atoms with E-state index in [1.54, 1.807) is 0 Å². The van der Waals surface area contributed by atoms with Gasteiger partial charge in [-0.1, -0.05) is 0 Å². The number of rotatable bonds is 2. The smallest absolute Gasteiger partial charge is 0.328 e. The highest BCUT2D eigenvalue weighted by atomic mass is 16.5. The van der Waals surface area contributed by atoms with Crippen LogP contribution in [0.5, 0.6) is 0 Å². The van der Waals surface area contributed by atoms with E-state index in [1.165, 1.54) is 14.0 Å². The quantitative estimate of drug-likeness (QED) is 0.531. The summed E-state index contributed by atoms with van der Waals surface area (Å²) in [7, 11) is 1.24. The molecule has 0 aliphatic carbocycles. The normalized spacial score (nSPS) is 11.9. The van der Waals surface area contributed by atoms with E-state index in [4.69, 9.17) is 0 Å². The lowest BCUT2D eigenvalue weighted by molar-refractivity contribution is -0.143. The van der Waals surface area contributed by atoms with Gasteiger partial charge in [-0.25, -0.2) is 4.79 Å². The van der Waals surface area contributed by atoms with E-state index in [0.717, 1.165) is 0 Å². The van der Waals surface area contributed by atoms with Gasteiger partial charge in [0.25, 0.3) is 0 Å². The summed E-state index contributed by atoms with van der Waals surface area (Å²) in [5.41, 5.74) is 0. The molecule has 0 aliphatic rings. The van der Waals surface area contributed by atoms with E-state index in [-0.39, 0.29) is 5.91 Å². The Labute approximate surface area is 59.6 Å². The van der Waals surface area contributed by atoms with Crippen molar-refractivity contribution in [1.29, 1.82) is 0 Å². The molecular weight excluding hydrogens is 134 g/mol. The zero-order valence-electron chi connectivity index (χ0n) is 6.01. The molecule has 1 amide bonds. The first-order chi connectivity index (χ1) is 4.57. The summed E-state index contributed by atoms with van der Waals surface area (Å²) >= 11 is 0. The van der Waals surface area contributed by atoms with Crippen molar-refractivity contribution in [2.24, 2.45) is 0 Å². The Bertz CT molecular complexity index is 144. The highest BCUT2D eigenvalue weighted by Crippen LogP contribution is 1.83. The summed E-state index contributed by atoms with van der Waals surface area (Å²) in [5.74, 6) is -0.847. The van der Waals surface area contributed by atoms with Crippen molar-refractivity contribution in [3.05, 3.63) is 6.92 Å². The number of ether oxygens (including phenoxy) is 1. The van der Waals surface area contributed by atoms with Crippen molar-refractivity contribution in [1.82, 2.24) is 5.32 Å². The third kappa shape index (κ3) is 3.06. The van der Waals surface area contributed by atoms with Gasteiger partial charge in [0.2, 0.25) is 5.91 Å². The van der Waals surface area contributed by atoms with Crippen LogP contribution in [-0.4, -0.2) is 25.0 Å². The highest BCUT2D eigenvalue weighted by molar-refractivity contribution is 5.83. The number of hydrogen-bond donors (Lipinski definition) is 1. The third-order valence-electron chi connectivity index (χ3n) is 0.863. The van der Waals surface area contributed by atoms with E-state index >= 15 is 0 Å². The molecule has 1 atom stereocenters. The summed E-state index contributed by atoms with van der Waals surface area (Å²) in [6.45, 7) is 4.65. The number of carbonyl (C=O) groups excluding carboxylic acids is 2. The van der Waals surface area contributed by atoms with Crippen LogP contribution in [0.1, 0.15) is 6.92 Å². The predicted molar refractivity (Wildman–Crippen MR) is 35.0 cm³/mol. The minimum Gasteiger partial charge on any atom is -0.467 e. The second kappa shape index (κ2) is 3.87. The van der Waals surface area contributed by atoms with Gasteiger partial charge in [0.1, 0.15) is 6.04 Å². The van der Waals surface area contributed by atoms with Crippen molar-refractivity contribution >= 4 is 11.9 Å². The Kier molecular flexibility index (Phi) is 3.46. The maximum Gasteiger partial charge on any atom is 0.328 e. The third-order valence-corrected chi connectivity index (χ3v) is 0.863. The second-order valence-electron chi connectivity index (χ2n) is 1.78.